The molecule has 1 aliphatic heterocycles. The Morgan fingerprint density at radius 3 is 2.61 bits per heavy atom. The van der Waals surface area contributed by atoms with Crippen molar-refractivity contribution in [2.24, 2.45) is 0 Å². The Kier molecular flexibility index (Phi) is 8.22. The summed E-state index contributed by atoms with van der Waals surface area (Å²) in [5.41, 5.74) is 2.18. The van der Waals surface area contributed by atoms with Crippen LogP contribution in [0.4, 0.5) is 0 Å². The molecule has 1 aromatic carbocycles. The van der Waals surface area contributed by atoms with E-state index in [-0.39, 0.29) is 21.6 Å². The molecule has 0 fully saturated rings. The van der Waals surface area contributed by atoms with Crippen LogP contribution in [0.3, 0.4) is 0 Å². The van der Waals surface area contributed by atoms with Crippen molar-refractivity contribution in [2.75, 3.05) is 20.2 Å². The number of carbonyl (C=O) groups is 2. The van der Waals surface area contributed by atoms with E-state index in [1.54, 1.807) is 5.38 Å². The first kappa shape index (κ1) is 23.4. The number of sulfonamides is 1. The van der Waals surface area contributed by atoms with Gasteiger partial charge in [0.15, 0.2) is 0 Å². The Balaban J connectivity index is 1.54. The van der Waals surface area contributed by atoms with Crippen LogP contribution in [0.1, 0.15) is 52.9 Å². The molecular formula is C22H28N2O5S2. The van der Waals surface area contributed by atoms with E-state index in [2.05, 4.69) is 10.1 Å². The fraction of sp³-hybridized carbons (Fsp3) is 0.455. The Hall–Kier alpha value is -2.23. The maximum Gasteiger partial charge on any atom is 0.305 e. The SMILES string of the molecule is COC(=O)CCCCCCNC(=O)c1sccc1S(=O)(=O)N1CCc2ccccc2C1. The van der Waals surface area contributed by atoms with E-state index in [0.717, 1.165) is 42.6 Å². The summed E-state index contributed by atoms with van der Waals surface area (Å²) in [5, 5.41) is 4.47. The molecule has 168 valence electrons. The van der Waals surface area contributed by atoms with Gasteiger partial charge in [-0.1, -0.05) is 37.1 Å². The van der Waals surface area contributed by atoms with E-state index in [0.29, 0.717) is 32.5 Å². The van der Waals surface area contributed by atoms with Crippen LogP contribution in [0.5, 0.6) is 0 Å². The lowest BCUT2D eigenvalue weighted by molar-refractivity contribution is -0.140. The van der Waals surface area contributed by atoms with Gasteiger partial charge in [0.1, 0.15) is 9.77 Å². The highest BCUT2D eigenvalue weighted by molar-refractivity contribution is 7.89. The minimum atomic E-state index is -3.75. The van der Waals surface area contributed by atoms with Crippen molar-refractivity contribution in [1.29, 1.82) is 0 Å². The van der Waals surface area contributed by atoms with Crippen molar-refractivity contribution in [3.63, 3.8) is 0 Å². The molecule has 2 heterocycles. The predicted octanol–water partition coefficient (Wildman–Crippen LogP) is 3.35. The topological polar surface area (TPSA) is 92.8 Å². The zero-order valence-corrected chi connectivity index (χ0v) is 19.3. The second-order valence-electron chi connectivity index (χ2n) is 7.47. The third-order valence-electron chi connectivity index (χ3n) is 5.37. The summed E-state index contributed by atoms with van der Waals surface area (Å²) < 4.78 is 32.5. The van der Waals surface area contributed by atoms with Crippen LogP contribution in [0.2, 0.25) is 0 Å². The molecule has 0 bridgehead atoms. The number of methoxy groups -OCH3 is 1. The summed E-state index contributed by atoms with van der Waals surface area (Å²) in [7, 11) is -2.38. The van der Waals surface area contributed by atoms with Crippen molar-refractivity contribution in [3.05, 3.63) is 51.7 Å². The van der Waals surface area contributed by atoms with Crippen molar-refractivity contribution in [3.8, 4) is 0 Å². The molecule has 1 N–H and O–H groups in total. The molecular weight excluding hydrogens is 436 g/mol. The van der Waals surface area contributed by atoms with Crippen molar-refractivity contribution in [1.82, 2.24) is 9.62 Å². The quantitative estimate of drug-likeness (QED) is 0.430. The van der Waals surface area contributed by atoms with Crippen LogP contribution in [0.15, 0.2) is 40.6 Å². The van der Waals surface area contributed by atoms with E-state index in [1.807, 2.05) is 24.3 Å². The van der Waals surface area contributed by atoms with Gasteiger partial charge < -0.3 is 10.1 Å². The molecule has 0 radical (unpaired) electrons. The minimum absolute atomic E-state index is 0.0764. The van der Waals surface area contributed by atoms with Gasteiger partial charge in [-0.25, -0.2) is 8.42 Å². The number of hydrogen-bond acceptors (Lipinski definition) is 6. The molecule has 0 atom stereocenters. The summed E-state index contributed by atoms with van der Waals surface area (Å²) in [4.78, 5) is 24.0. The lowest BCUT2D eigenvalue weighted by Crippen LogP contribution is -2.36. The van der Waals surface area contributed by atoms with Gasteiger partial charge in [0.2, 0.25) is 10.0 Å². The largest absolute Gasteiger partial charge is 0.469 e. The molecule has 9 heteroatoms. The first-order valence-electron chi connectivity index (χ1n) is 10.4. The number of rotatable bonds is 10. The van der Waals surface area contributed by atoms with Crippen LogP contribution in [0, 0.1) is 0 Å². The molecule has 1 aromatic heterocycles. The number of nitrogens with zero attached hydrogens (tertiary/aromatic N) is 1. The number of thiophene rings is 1. The second kappa shape index (κ2) is 10.9. The van der Waals surface area contributed by atoms with Crippen LogP contribution < -0.4 is 5.32 Å². The van der Waals surface area contributed by atoms with Gasteiger partial charge in [0.05, 0.1) is 7.11 Å². The van der Waals surface area contributed by atoms with Crippen LogP contribution in [-0.4, -0.2) is 44.8 Å². The van der Waals surface area contributed by atoms with Crippen LogP contribution in [0.25, 0.3) is 0 Å². The molecule has 1 aliphatic rings. The van der Waals surface area contributed by atoms with Gasteiger partial charge in [0, 0.05) is 26.1 Å². The molecule has 31 heavy (non-hydrogen) atoms. The number of nitrogens with one attached hydrogen (secondary N) is 1. The summed E-state index contributed by atoms with van der Waals surface area (Å²) in [6.45, 7) is 1.19. The molecule has 0 aliphatic carbocycles. The van der Waals surface area contributed by atoms with Gasteiger partial charge in [-0.2, -0.15) is 4.31 Å². The number of carbonyl (C=O) groups excluding carboxylic acids is 2. The van der Waals surface area contributed by atoms with Crippen molar-refractivity contribution >= 4 is 33.2 Å². The predicted molar refractivity (Wildman–Crippen MR) is 119 cm³/mol. The molecule has 3 rings (SSSR count). The summed E-state index contributed by atoms with van der Waals surface area (Å²) in [6.07, 6.45) is 4.34. The smallest absolute Gasteiger partial charge is 0.305 e. The molecule has 0 saturated heterocycles. The number of unbranched alkanes of at least 4 members (excludes halogenated alkanes) is 3. The third kappa shape index (κ3) is 5.93. The van der Waals surface area contributed by atoms with Gasteiger partial charge in [-0.15, -0.1) is 11.3 Å². The van der Waals surface area contributed by atoms with Gasteiger partial charge in [-0.05, 0) is 41.8 Å². The number of esters is 1. The lowest BCUT2D eigenvalue weighted by atomic mass is 10.0. The Bertz CT molecular complexity index is 1020. The molecule has 0 spiro atoms. The zero-order chi connectivity index (χ0) is 22.3. The van der Waals surface area contributed by atoms with E-state index in [1.165, 1.54) is 23.0 Å². The number of fused-ring (bicyclic) bond motifs is 1. The number of benzene rings is 1. The maximum absolute atomic E-state index is 13.2. The molecule has 2 aromatic rings. The average Bonchev–Trinajstić information content (AvgIpc) is 3.29. The van der Waals surface area contributed by atoms with Crippen molar-refractivity contribution in [2.45, 2.75) is 50.0 Å². The first-order chi connectivity index (χ1) is 14.9. The first-order valence-corrected chi connectivity index (χ1v) is 12.7. The lowest BCUT2D eigenvalue weighted by Gasteiger charge is -2.28. The summed E-state index contributed by atoms with van der Waals surface area (Å²) in [6, 6.07) is 9.36. The van der Waals surface area contributed by atoms with Crippen LogP contribution >= 0.6 is 11.3 Å². The monoisotopic (exact) mass is 464 g/mol. The van der Waals surface area contributed by atoms with E-state index < -0.39 is 10.0 Å². The molecule has 0 unspecified atom stereocenters. The normalized spacial score (nSPS) is 14.1. The summed E-state index contributed by atoms with van der Waals surface area (Å²) in [5.74, 6) is -0.572. The molecule has 0 saturated carbocycles. The zero-order valence-electron chi connectivity index (χ0n) is 17.6. The van der Waals surface area contributed by atoms with E-state index >= 15 is 0 Å². The molecule has 1 amide bonds. The van der Waals surface area contributed by atoms with Crippen molar-refractivity contribution < 1.29 is 22.7 Å². The molecule has 7 nitrogen and oxygen atoms in total. The Morgan fingerprint density at radius 2 is 1.84 bits per heavy atom. The standard InChI is InChI=1S/C22H28N2O5S2/c1-29-20(25)10-4-2-3-7-13-23-22(26)21-19(12-15-30-21)31(27,28)24-14-11-17-8-5-6-9-18(17)16-24/h5-6,8-9,12,15H,2-4,7,10-11,13-14,16H2,1H3,(H,23,26). The Labute approximate surface area is 187 Å². The van der Waals surface area contributed by atoms with E-state index in [9.17, 15) is 18.0 Å². The average molecular weight is 465 g/mol. The highest BCUT2D eigenvalue weighted by Gasteiger charge is 2.32. The van der Waals surface area contributed by atoms with Gasteiger partial charge in [-0.3, -0.25) is 9.59 Å². The van der Waals surface area contributed by atoms with Crippen LogP contribution in [-0.2, 0) is 32.5 Å². The number of amides is 1. The van der Waals surface area contributed by atoms with Gasteiger partial charge >= 0.3 is 5.97 Å². The number of hydrogen-bond donors (Lipinski definition) is 1. The van der Waals surface area contributed by atoms with E-state index in [4.69, 9.17) is 0 Å². The highest BCUT2D eigenvalue weighted by Crippen LogP contribution is 2.29. The fourth-order valence-electron chi connectivity index (χ4n) is 3.61. The number of ether oxygens (including phenoxy) is 1. The fourth-order valence-corrected chi connectivity index (χ4v) is 6.35. The third-order valence-corrected chi connectivity index (χ3v) is 8.30. The minimum Gasteiger partial charge on any atom is -0.469 e. The second-order valence-corrected chi connectivity index (χ2v) is 10.3. The summed E-state index contributed by atoms with van der Waals surface area (Å²) >= 11 is 1.14. The van der Waals surface area contributed by atoms with Gasteiger partial charge in [0.25, 0.3) is 5.91 Å². The Morgan fingerprint density at radius 1 is 1.10 bits per heavy atom. The highest BCUT2D eigenvalue weighted by atomic mass is 32.2. The maximum atomic E-state index is 13.2.